The summed E-state index contributed by atoms with van der Waals surface area (Å²) in [5.41, 5.74) is 13.1. The average molecular weight is 548 g/mol. The smallest absolute Gasteiger partial charge is 0.545 e. The Morgan fingerprint density at radius 2 is 0.903 bits per heavy atom. The average Bonchev–Trinajstić information content (AvgIpc) is 2.69. The molecule has 0 bridgehead atoms. The van der Waals surface area contributed by atoms with Crippen LogP contribution in [0.3, 0.4) is 0 Å². The molecule has 0 aliphatic carbocycles. The van der Waals surface area contributed by atoms with Crippen LogP contribution in [0.5, 0.6) is 0 Å². The molecule has 0 atom stereocenters. The fourth-order valence-corrected chi connectivity index (χ4v) is 1.79. The van der Waals surface area contributed by atoms with E-state index in [1.165, 1.54) is 0 Å². The van der Waals surface area contributed by atoms with Crippen LogP contribution < -0.4 is 32.3 Å². The Labute approximate surface area is 218 Å². The molecule has 2 rings (SSSR count). The molecule has 0 aliphatic heterocycles. The summed E-state index contributed by atoms with van der Waals surface area (Å²) in [5.74, 6) is -3.90. The number of amides is 2. The van der Waals surface area contributed by atoms with Crippen molar-refractivity contribution in [1.29, 1.82) is 0 Å². The molecular formula is C20H18BaN4O6. The van der Waals surface area contributed by atoms with Crippen LogP contribution in [0.4, 0.5) is 22.7 Å². The zero-order valence-electron chi connectivity index (χ0n) is 16.2. The summed E-state index contributed by atoms with van der Waals surface area (Å²) >= 11 is 0. The van der Waals surface area contributed by atoms with Gasteiger partial charge in [0.2, 0.25) is 11.8 Å². The molecule has 0 saturated heterocycles. The van der Waals surface area contributed by atoms with Crippen LogP contribution in [0.15, 0.2) is 72.8 Å². The van der Waals surface area contributed by atoms with Gasteiger partial charge in [0.25, 0.3) is 0 Å². The SMILES string of the molecule is Nc1ccc(NC(=O)C=CC(=O)[O-])cc1.Nc1ccc(NC(=O)C=CC(=O)[O-])cc1.[Ba+2]. The molecule has 11 heteroatoms. The number of carboxylic acids is 2. The van der Waals surface area contributed by atoms with Gasteiger partial charge in [0.15, 0.2) is 0 Å². The van der Waals surface area contributed by atoms with Gasteiger partial charge < -0.3 is 41.9 Å². The molecule has 0 radical (unpaired) electrons. The molecule has 0 fully saturated rings. The summed E-state index contributed by atoms with van der Waals surface area (Å²) < 4.78 is 0. The van der Waals surface area contributed by atoms with Crippen molar-refractivity contribution < 1.29 is 29.4 Å². The molecule has 0 unspecified atom stereocenters. The molecule has 10 nitrogen and oxygen atoms in total. The molecule has 31 heavy (non-hydrogen) atoms. The van der Waals surface area contributed by atoms with E-state index in [1.807, 2.05) is 0 Å². The van der Waals surface area contributed by atoms with Crippen LogP contribution in [-0.2, 0) is 19.2 Å². The second-order valence-electron chi connectivity index (χ2n) is 5.53. The van der Waals surface area contributed by atoms with E-state index in [4.69, 9.17) is 11.5 Å². The quantitative estimate of drug-likeness (QED) is 0.194. The van der Waals surface area contributed by atoms with Gasteiger partial charge in [-0.2, -0.15) is 0 Å². The zero-order valence-corrected chi connectivity index (χ0v) is 20.7. The number of hydrogen-bond donors (Lipinski definition) is 4. The van der Waals surface area contributed by atoms with Crippen LogP contribution in [0.2, 0.25) is 0 Å². The summed E-state index contributed by atoms with van der Waals surface area (Å²) in [7, 11) is 0. The van der Waals surface area contributed by atoms with Crippen molar-refractivity contribution in [3.63, 3.8) is 0 Å². The topological polar surface area (TPSA) is 190 Å². The van der Waals surface area contributed by atoms with Crippen molar-refractivity contribution in [3.8, 4) is 0 Å². The summed E-state index contributed by atoms with van der Waals surface area (Å²) in [6.07, 6.45) is 3.08. The number of carboxylic acid groups (broad SMARTS) is 2. The summed E-state index contributed by atoms with van der Waals surface area (Å²) in [5, 5.41) is 24.9. The molecule has 2 amide bonds. The van der Waals surface area contributed by atoms with Gasteiger partial charge in [-0.3, -0.25) is 9.59 Å². The minimum absolute atomic E-state index is 0. The van der Waals surface area contributed by atoms with Gasteiger partial charge in [0.05, 0.1) is 11.9 Å². The Balaban J connectivity index is 0.000000562. The summed E-state index contributed by atoms with van der Waals surface area (Å²) in [4.78, 5) is 42.2. The maximum Gasteiger partial charge on any atom is 2.00 e. The van der Waals surface area contributed by atoms with Crippen LogP contribution in [-0.4, -0.2) is 72.6 Å². The maximum atomic E-state index is 11.1. The Morgan fingerprint density at radius 1 is 0.613 bits per heavy atom. The van der Waals surface area contributed by atoms with Crippen molar-refractivity contribution >= 4 is 95.4 Å². The Bertz CT molecular complexity index is 877. The first-order chi connectivity index (χ1) is 14.2. The molecule has 0 aliphatic rings. The molecule has 0 saturated carbocycles. The number of carbonyl (C=O) groups excluding carboxylic acids is 4. The zero-order chi connectivity index (χ0) is 22.5. The fourth-order valence-electron chi connectivity index (χ4n) is 1.79. The first-order valence-corrected chi connectivity index (χ1v) is 8.27. The third-order valence-electron chi connectivity index (χ3n) is 3.10. The predicted octanol–water partition coefficient (Wildman–Crippen LogP) is -1.35. The molecule has 6 N–H and O–H groups in total. The number of anilines is 4. The van der Waals surface area contributed by atoms with Crippen LogP contribution >= 0.6 is 0 Å². The Kier molecular flexibility index (Phi) is 13.4. The molecule has 156 valence electrons. The van der Waals surface area contributed by atoms with Gasteiger partial charge in [0, 0.05) is 34.9 Å². The Morgan fingerprint density at radius 3 is 1.16 bits per heavy atom. The van der Waals surface area contributed by atoms with Gasteiger partial charge in [0.1, 0.15) is 0 Å². The number of rotatable bonds is 6. The molecular weight excluding hydrogens is 530 g/mol. The molecule has 0 heterocycles. The second-order valence-corrected chi connectivity index (χ2v) is 5.53. The monoisotopic (exact) mass is 548 g/mol. The van der Waals surface area contributed by atoms with Gasteiger partial charge in [-0.1, -0.05) is 0 Å². The number of hydrogen-bond acceptors (Lipinski definition) is 8. The number of aliphatic carboxylic acids is 2. The van der Waals surface area contributed by atoms with Crippen molar-refractivity contribution in [1.82, 2.24) is 0 Å². The number of nitrogens with two attached hydrogens (primary N) is 2. The predicted molar refractivity (Wildman–Crippen MR) is 113 cm³/mol. The van der Waals surface area contributed by atoms with Crippen LogP contribution in [0.25, 0.3) is 0 Å². The number of nitrogens with one attached hydrogen (secondary N) is 2. The standard InChI is InChI=1S/2C10H10N2O3.Ba/c2*11-7-1-3-8(4-2-7)12-9(13)5-6-10(14)15;/h2*1-6H,11H2,(H,12,13)(H,14,15);/q;;+2/p-2. The number of benzene rings is 2. The third-order valence-corrected chi connectivity index (χ3v) is 3.10. The van der Waals surface area contributed by atoms with Gasteiger partial charge in [-0.15, -0.1) is 0 Å². The van der Waals surface area contributed by atoms with Crippen LogP contribution in [0, 0.1) is 0 Å². The van der Waals surface area contributed by atoms with Crippen LogP contribution in [0.1, 0.15) is 0 Å². The minimum Gasteiger partial charge on any atom is -0.545 e. The van der Waals surface area contributed by atoms with Gasteiger partial charge in [-0.25, -0.2) is 0 Å². The van der Waals surface area contributed by atoms with E-state index in [9.17, 15) is 29.4 Å². The van der Waals surface area contributed by atoms with Crippen molar-refractivity contribution in [3.05, 3.63) is 72.8 Å². The summed E-state index contributed by atoms with van der Waals surface area (Å²) in [6, 6.07) is 12.9. The van der Waals surface area contributed by atoms with E-state index < -0.39 is 23.8 Å². The van der Waals surface area contributed by atoms with Crippen molar-refractivity contribution in [2.75, 3.05) is 22.1 Å². The summed E-state index contributed by atoms with van der Waals surface area (Å²) in [6.45, 7) is 0. The van der Waals surface area contributed by atoms with E-state index in [2.05, 4.69) is 10.6 Å². The first kappa shape index (κ1) is 28.0. The Hall–Kier alpha value is -3.03. The largest absolute Gasteiger partial charge is 2.00 e. The van der Waals surface area contributed by atoms with E-state index in [-0.39, 0.29) is 48.9 Å². The van der Waals surface area contributed by atoms with E-state index in [0.29, 0.717) is 34.9 Å². The number of carbonyl (C=O) groups is 4. The molecule has 0 aromatic heterocycles. The third kappa shape index (κ3) is 13.8. The minimum atomic E-state index is -1.41. The second kappa shape index (κ2) is 14.9. The molecule has 2 aromatic rings. The van der Waals surface area contributed by atoms with Gasteiger partial charge >= 0.3 is 48.9 Å². The van der Waals surface area contributed by atoms with Crippen molar-refractivity contribution in [2.45, 2.75) is 0 Å². The molecule has 2 aromatic carbocycles. The van der Waals surface area contributed by atoms with E-state index in [0.717, 1.165) is 12.2 Å². The van der Waals surface area contributed by atoms with Crippen molar-refractivity contribution in [2.24, 2.45) is 0 Å². The van der Waals surface area contributed by atoms with E-state index in [1.54, 1.807) is 48.5 Å². The number of nitrogen functional groups attached to an aromatic ring is 2. The normalized spacial score (nSPS) is 9.81. The molecule has 0 spiro atoms. The van der Waals surface area contributed by atoms with E-state index >= 15 is 0 Å². The first-order valence-electron chi connectivity index (χ1n) is 8.27. The maximum absolute atomic E-state index is 11.1. The fraction of sp³-hybridized carbons (Fsp3) is 0. The van der Waals surface area contributed by atoms with Gasteiger partial charge in [-0.05, 0) is 60.7 Å².